The number of aliphatic hydroxyl groups excluding tert-OH is 1. The van der Waals surface area contributed by atoms with E-state index >= 15 is 0 Å². The number of hydrogen-bond acceptors (Lipinski definition) is 7. The summed E-state index contributed by atoms with van der Waals surface area (Å²) in [7, 11) is -8.09. The van der Waals surface area contributed by atoms with E-state index < -0.39 is 32.1 Å². The van der Waals surface area contributed by atoms with Crippen molar-refractivity contribution in [2.75, 3.05) is 12.3 Å². The van der Waals surface area contributed by atoms with Gasteiger partial charge in [-0.05, 0) is 123 Å². The molecule has 4 aliphatic carbocycles. The van der Waals surface area contributed by atoms with E-state index in [1.54, 1.807) is 24.3 Å². The maximum absolute atomic E-state index is 13.7. The molecular weight excluding hydrogens is 602 g/mol. The normalized spacial score (nSPS) is 37.8. The molecule has 1 aromatic carbocycles. The summed E-state index contributed by atoms with van der Waals surface area (Å²) in [6, 6.07) is 6.83. The van der Waals surface area contributed by atoms with E-state index in [1.165, 1.54) is 0 Å². The second-order valence-electron chi connectivity index (χ2n) is 14.9. The molecule has 4 saturated carbocycles. The summed E-state index contributed by atoms with van der Waals surface area (Å²) in [6.07, 6.45) is 7.32. The van der Waals surface area contributed by atoms with Gasteiger partial charge in [-0.3, -0.25) is 13.5 Å². The van der Waals surface area contributed by atoms with Crippen LogP contribution < -0.4 is 5.32 Å². The van der Waals surface area contributed by atoms with Crippen LogP contribution in [0.3, 0.4) is 0 Å². The third-order valence-electron chi connectivity index (χ3n) is 12.5. The Morgan fingerprint density at radius 2 is 1.66 bits per heavy atom. The van der Waals surface area contributed by atoms with E-state index in [0.717, 1.165) is 44.1 Å². The highest BCUT2D eigenvalue weighted by molar-refractivity contribution is 7.86. The molecule has 0 aromatic heterocycles. The fourth-order valence-corrected chi connectivity index (χ4v) is 11.6. The van der Waals surface area contributed by atoms with Gasteiger partial charge in [-0.15, -0.1) is 0 Å². The van der Waals surface area contributed by atoms with Gasteiger partial charge in [0.2, 0.25) is 5.91 Å². The first-order valence-electron chi connectivity index (χ1n) is 16.4. The van der Waals surface area contributed by atoms with Crippen molar-refractivity contribution in [3.63, 3.8) is 0 Å². The Bertz CT molecular complexity index is 1410. The molecule has 0 saturated heterocycles. The highest BCUT2D eigenvalue weighted by Gasteiger charge is 2.63. The molecule has 10 atom stereocenters. The monoisotopic (exact) mass is 653 g/mol. The van der Waals surface area contributed by atoms with E-state index in [1.807, 2.05) is 6.92 Å². The number of amides is 1. The molecule has 4 aliphatic rings. The first-order chi connectivity index (χ1) is 20.5. The van der Waals surface area contributed by atoms with Crippen molar-refractivity contribution in [1.29, 1.82) is 0 Å². The molecule has 0 heterocycles. The Morgan fingerprint density at radius 1 is 1.00 bits per heavy atom. The van der Waals surface area contributed by atoms with Crippen LogP contribution in [0.5, 0.6) is 0 Å². The lowest BCUT2D eigenvalue weighted by molar-refractivity contribution is -0.167. The lowest BCUT2D eigenvalue weighted by Crippen LogP contribution is -2.59. The Hall–Kier alpha value is -1.53. The minimum Gasteiger partial charge on any atom is -0.393 e. The van der Waals surface area contributed by atoms with Gasteiger partial charge in [0, 0.05) is 13.0 Å². The molecule has 11 heteroatoms. The summed E-state index contributed by atoms with van der Waals surface area (Å²) in [5.74, 6) is 0.878. The predicted molar refractivity (Wildman–Crippen MR) is 168 cm³/mol. The summed E-state index contributed by atoms with van der Waals surface area (Å²) in [6.45, 7) is 8.77. The number of nitrogens with one attached hydrogen (secondary N) is 1. The standard InChI is InChI=1S/C33H51NO8S2/c1-21-5-8-25(9-6-21)44(40,41)42-29-20-23-19-24(35)13-15-32(23,3)28-14-16-33(4)26(10-11-27(33)31(28)29)22(2)7-12-30(36)34-17-18-43(37,38)39/h5-6,8-9,22-24,26-29,31,35H,7,10-20H2,1-4H3,(H,34,36)(H,37,38,39)/t22-,23?,24-,26-,27+,28+,29+,31+,32+,33-/m1/s1. The fraction of sp³-hybridized carbons (Fsp3) is 0.788. The molecule has 1 unspecified atom stereocenters. The molecule has 1 aromatic rings. The minimum absolute atomic E-state index is 0.00532. The van der Waals surface area contributed by atoms with E-state index in [2.05, 4.69) is 26.1 Å². The van der Waals surface area contributed by atoms with Gasteiger partial charge < -0.3 is 10.4 Å². The van der Waals surface area contributed by atoms with E-state index in [9.17, 15) is 26.7 Å². The Labute approximate surface area is 263 Å². The van der Waals surface area contributed by atoms with Crippen molar-refractivity contribution in [2.45, 2.75) is 109 Å². The third-order valence-corrected chi connectivity index (χ3v) is 14.5. The topological polar surface area (TPSA) is 147 Å². The number of benzene rings is 1. The summed E-state index contributed by atoms with van der Waals surface area (Å²) in [4.78, 5) is 12.6. The van der Waals surface area contributed by atoms with Crippen LogP contribution >= 0.6 is 0 Å². The maximum atomic E-state index is 13.7. The van der Waals surface area contributed by atoms with Crippen molar-refractivity contribution in [3.8, 4) is 0 Å². The average Bonchev–Trinajstić information content (AvgIpc) is 3.29. The molecule has 248 valence electrons. The smallest absolute Gasteiger partial charge is 0.297 e. The largest absolute Gasteiger partial charge is 0.393 e. The van der Waals surface area contributed by atoms with Crippen molar-refractivity contribution >= 4 is 26.1 Å². The molecular formula is C33H51NO8S2. The van der Waals surface area contributed by atoms with Crippen molar-refractivity contribution in [2.24, 2.45) is 46.3 Å². The molecule has 0 aliphatic heterocycles. The number of carbonyl (C=O) groups is 1. The van der Waals surface area contributed by atoms with Gasteiger partial charge >= 0.3 is 0 Å². The molecule has 0 radical (unpaired) electrons. The first-order valence-corrected chi connectivity index (χ1v) is 19.4. The summed E-state index contributed by atoms with van der Waals surface area (Å²) < 4.78 is 64.4. The molecule has 0 spiro atoms. The number of hydrogen-bond donors (Lipinski definition) is 3. The number of carbonyl (C=O) groups excluding carboxylic acids is 1. The first kappa shape index (κ1) is 33.8. The van der Waals surface area contributed by atoms with Gasteiger partial charge in [0.15, 0.2) is 0 Å². The lowest BCUT2D eigenvalue weighted by Gasteiger charge is -2.62. The molecule has 1 amide bonds. The molecule has 5 rings (SSSR count). The summed E-state index contributed by atoms with van der Waals surface area (Å²) in [5.41, 5.74) is 1.02. The van der Waals surface area contributed by atoms with Gasteiger partial charge in [0.05, 0.1) is 22.9 Å². The van der Waals surface area contributed by atoms with Crippen molar-refractivity contribution < 1.29 is 35.5 Å². The van der Waals surface area contributed by atoms with Gasteiger partial charge in [0.25, 0.3) is 20.2 Å². The number of rotatable bonds is 10. The molecule has 0 bridgehead atoms. The summed E-state index contributed by atoms with van der Waals surface area (Å²) >= 11 is 0. The number of aryl methyl sites for hydroxylation is 1. The van der Waals surface area contributed by atoms with Crippen LogP contribution in [0.25, 0.3) is 0 Å². The molecule has 44 heavy (non-hydrogen) atoms. The predicted octanol–water partition coefficient (Wildman–Crippen LogP) is 5.12. The van der Waals surface area contributed by atoms with Crippen molar-refractivity contribution in [3.05, 3.63) is 29.8 Å². The van der Waals surface area contributed by atoms with Crippen molar-refractivity contribution in [1.82, 2.24) is 5.32 Å². The van der Waals surface area contributed by atoms with Gasteiger partial charge in [-0.2, -0.15) is 16.8 Å². The highest BCUT2D eigenvalue weighted by Crippen LogP contribution is 2.69. The Morgan fingerprint density at radius 3 is 2.34 bits per heavy atom. The van der Waals surface area contributed by atoms with E-state index in [0.29, 0.717) is 43.4 Å². The van der Waals surface area contributed by atoms with Crippen LogP contribution in [0.15, 0.2) is 29.2 Å². The van der Waals surface area contributed by atoms with Gasteiger partial charge in [-0.25, -0.2) is 0 Å². The third kappa shape index (κ3) is 6.77. The molecule has 9 nitrogen and oxygen atoms in total. The van der Waals surface area contributed by atoms with Crippen LogP contribution in [-0.4, -0.2) is 56.9 Å². The zero-order valence-corrected chi connectivity index (χ0v) is 28.2. The Balaban J connectivity index is 1.36. The zero-order chi connectivity index (χ0) is 32.1. The lowest BCUT2D eigenvalue weighted by atomic mass is 9.43. The highest BCUT2D eigenvalue weighted by atomic mass is 32.2. The van der Waals surface area contributed by atoms with Crippen LogP contribution in [0.1, 0.15) is 90.5 Å². The fourth-order valence-electron chi connectivity index (χ4n) is 10.1. The summed E-state index contributed by atoms with van der Waals surface area (Å²) in [5, 5.41) is 13.2. The average molecular weight is 654 g/mol. The molecule has 3 N–H and O–H groups in total. The zero-order valence-electron chi connectivity index (χ0n) is 26.6. The minimum atomic E-state index is -4.12. The van der Waals surface area contributed by atoms with Crippen LogP contribution in [0.4, 0.5) is 0 Å². The van der Waals surface area contributed by atoms with Crippen LogP contribution in [0.2, 0.25) is 0 Å². The number of aliphatic hydroxyl groups is 1. The van der Waals surface area contributed by atoms with E-state index in [-0.39, 0.29) is 52.0 Å². The molecule has 4 fully saturated rings. The second-order valence-corrected chi connectivity index (χ2v) is 18.1. The van der Waals surface area contributed by atoms with Gasteiger partial charge in [-0.1, -0.05) is 38.5 Å². The second kappa shape index (κ2) is 12.6. The van der Waals surface area contributed by atoms with E-state index in [4.69, 9.17) is 8.74 Å². The maximum Gasteiger partial charge on any atom is 0.297 e. The SMILES string of the molecule is Cc1ccc(S(=O)(=O)O[C@H]2CC3C[C@H](O)CC[C@]3(C)[C@H]3CC[C@]4(C)[C@@H]([C@H](C)CCC(=O)NCCS(=O)(=O)O)CC[C@H]4[C@H]23)cc1. The number of fused-ring (bicyclic) bond motifs is 5. The quantitative estimate of drug-likeness (QED) is 0.233. The van der Waals surface area contributed by atoms with Crippen LogP contribution in [0, 0.1) is 53.3 Å². The van der Waals surface area contributed by atoms with Gasteiger partial charge in [0.1, 0.15) is 0 Å². The Kier molecular flexibility index (Phi) is 9.67. The van der Waals surface area contributed by atoms with Crippen LogP contribution in [-0.2, 0) is 29.2 Å².